The predicted molar refractivity (Wildman–Crippen MR) is 60.1 cm³/mol. The second-order valence-electron chi connectivity index (χ2n) is 3.89. The summed E-state index contributed by atoms with van der Waals surface area (Å²) in [6.45, 7) is 3.96. The van der Waals surface area contributed by atoms with Gasteiger partial charge in [-0.2, -0.15) is 0 Å². The largest absolute Gasteiger partial charge is 0.356 e. The first-order valence-corrected chi connectivity index (χ1v) is 5.19. The van der Waals surface area contributed by atoms with E-state index in [0.717, 1.165) is 0 Å². The summed E-state index contributed by atoms with van der Waals surface area (Å²) in [7, 11) is 0. The third-order valence-corrected chi connectivity index (χ3v) is 2.57. The van der Waals surface area contributed by atoms with Crippen molar-refractivity contribution in [3.05, 3.63) is 17.3 Å². The topological polar surface area (TPSA) is 54.0 Å². The van der Waals surface area contributed by atoms with E-state index < -0.39 is 0 Å². The van der Waals surface area contributed by atoms with Crippen molar-refractivity contribution in [1.82, 2.24) is 4.98 Å². The average molecular weight is 226 g/mol. The van der Waals surface area contributed by atoms with E-state index in [9.17, 15) is 4.79 Å². The molecule has 1 aliphatic rings. The number of halogens is 1. The van der Waals surface area contributed by atoms with E-state index in [-0.39, 0.29) is 17.9 Å². The summed E-state index contributed by atoms with van der Waals surface area (Å²) in [4.78, 5) is 15.8. The fraction of sp³-hybridized carbons (Fsp3) is 0.400. The van der Waals surface area contributed by atoms with Crippen LogP contribution in [0.1, 0.15) is 13.8 Å². The molecule has 15 heavy (non-hydrogen) atoms. The van der Waals surface area contributed by atoms with Crippen LogP contribution in [0.15, 0.2) is 12.1 Å². The maximum absolute atomic E-state index is 11.6. The molecule has 1 aromatic rings. The molecule has 0 fully saturated rings. The van der Waals surface area contributed by atoms with Gasteiger partial charge in [0.25, 0.3) is 0 Å². The van der Waals surface area contributed by atoms with Crippen molar-refractivity contribution in [3.63, 3.8) is 0 Å². The van der Waals surface area contributed by atoms with E-state index in [1.807, 2.05) is 13.8 Å². The van der Waals surface area contributed by atoms with Crippen LogP contribution in [-0.2, 0) is 4.79 Å². The average Bonchev–Trinajstić information content (AvgIpc) is 2.17. The van der Waals surface area contributed by atoms with Gasteiger partial charge in [-0.25, -0.2) is 4.98 Å². The van der Waals surface area contributed by atoms with E-state index in [0.29, 0.717) is 16.7 Å². The van der Waals surface area contributed by atoms with Gasteiger partial charge in [-0.15, -0.1) is 0 Å². The second kappa shape index (κ2) is 3.70. The SMILES string of the molecule is CC(C)C1Nc2nc(Cl)ccc2NC1=O. The van der Waals surface area contributed by atoms with Crippen molar-refractivity contribution in [2.75, 3.05) is 10.6 Å². The molecular weight excluding hydrogens is 214 g/mol. The third kappa shape index (κ3) is 1.90. The maximum atomic E-state index is 11.6. The summed E-state index contributed by atoms with van der Waals surface area (Å²) in [5.74, 6) is 0.821. The third-order valence-electron chi connectivity index (χ3n) is 2.36. The Kier molecular flexibility index (Phi) is 2.52. The molecule has 0 aromatic carbocycles. The Bertz CT molecular complexity index is 406. The van der Waals surface area contributed by atoms with Gasteiger partial charge in [0.1, 0.15) is 11.2 Å². The highest BCUT2D eigenvalue weighted by molar-refractivity contribution is 6.29. The van der Waals surface area contributed by atoms with E-state index in [1.54, 1.807) is 12.1 Å². The van der Waals surface area contributed by atoms with Crippen LogP contribution in [0, 0.1) is 5.92 Å². The molecule has 1 aromatic heterocycles. The zero-order chi connectivity index (χ0) is 11.0. The van der Waals surface area contributed by atoms with Crippen LogP contribution >= 0.6 is 11.6 Å². The van der Waals surface area contributed by atoms with Crippen LogP contribution in [0.2, 0.25) is 5.15 Å². The van der Waals surface area contributed by atoms with Crippen molar-refractivity contribution in [2.45, 2.75) is 19.9 Å². The van der Waals surface area contributed by atoms with Gasteiger partial charge in [0.05, 0.1) is 5.69 Å². The summed E-state index contributed by atoms with van der Waals surface area (Å²) in [6, 6.07) is 3.15. The maximum Gasteiger partial charge on any atom is 0.247 e. The summed E-state index contributed by atoms with van der Waals surface area (Å²) in [5.41, 5.74) is 0.682. The number of nitrogens with one attached hydrogen (secondary N) is 2. The van der Waals surface area contributed by atoms with Crippen molar-refractivity contribution >= 4 is 29.0 Å². The Morgan fingerprint density at radius 2 is 2.20 bits per heavy atom. The number of anilines is 2. The summed E-state index contributed by atoms with van der Waals surface area (Å²) < 4.78 is 0. The molecular formula is C10H12ClN3O. The van der Waals surface area contributed by atoms with E-state index >= 15 is 0 Å². The predicted octanol–water partition coefficient (Wildman–Crippen LogP) is 2.12. The van der Waals surface area contributed by atoms with Crippen molar-refractivity contribution < 1.29 is 4.79 Å². The number of carbonyl (C=O) groups is 1. The number of pyridine rings is 1. The normalized spacial score (nSPS) is 19.5. The van der Waals surface area contributed by atoms with Crippen molar-refractivity contribution in [1.29, 1.82) is 0 Å². The minimum absolute atomic E-state index is 0.0263. The number of fused-ring (bicyclic) bond motifs is 1. The van der Waals surface area contributed by atoms with Gasteiger partial charge in [0.2, 0.25) is 5.91 Å². The van der Waals surface area contributed by atoms with Gasteiger partial charge in [-0.3, -0.25) is 4.79 Å². The van der Waals surface area contributed by atoms with Crippen LogP contribution in [-0.4, -0.2) is 16.9 Å². The second-order valence-corrected chi connectivity index (χ2v) is 4.27. The molecule has 0 bridgehead atoms. The summed E-state index contributed by atoms with van der Waals surface area (Å²) in [5, 5.41) is 6.29. The van der Waals surface area contributed by atoms with Crippen molar-refractivity contribution in [3.8, 4) is 0 Å². The molecule has 0 saturated heterocycles. The summed E-state index contributed by atoms with van der Waals surface area (Å²) >= 11 is 5.78. The van der Waals surface area contributed by atoms with E-state index in [1.165, 1.54) is 0 Å². The van der Waals surface area contributed by atoms with Gasteiger partial charge in [0, 0.05) is 0 Å². The molecule has 80 valence electrons. The van der Waals surface area contributed by atoms with Gasteiger partial charge in [-0.1, -0.05) is 25.4 Å². The summed E-state index contributed by atoms with van der Waals surface area (Å²) in [6.07, 6.45) is 0. The Balaban J connectivity index is 2.34. The molecule has 1 aliphatic heterocycles. The molecule has 1 amide bonds. The molecule has 0 radical (unpaired) electrons. The molecule has 1 unspecified atom stereocenters. The zero-order valence-corrected chi connectivity index (χ0v) is 9.30. The van der Waals surface area contributed by atoms with Gasteiger partial charge < -0.3 is 10.6 Å². The van der Waals surface area contributed by atoms with Crippen LogP contribution < -0.4 is 10.6 Å². The smallest absolute Gasteiger partial charge is 0.247 e. The highest BCUT2D eigenvalue weighted by Crippen LogP contribution is 2.27. The van der Waals surface area contributed by atoms with Gasteiger partial charge >= 0.3 is 0 Å². The number of hydrogen-bond acceptors (Lipinski definition) is 3. The monoisotopic (exact) mass is 225 g/mol. The molecule has 4 nitrogen and oxygen atoms in total. The Hall–Kier alpha value is -1.29. The Morgan fingerprint density at radius 1 is 1.47 bits per heavy atom. The molecule has 0 aliphatic carbocycles. The van der Waals surface area contributed by atoms with E-state index in [4.69, 9.17) is 11.6 Å². The molecule has 1 atom stereocenters. The number of hydrogen-bond donors (Lipinski definition) is 2. The van der Waals surface area contributed by atoms with Crippen LogP contribution in [0.5, 0.6) is 0 Å². The molecule has 0 saturated carbocycles. The lowest BCUT2D eigenvalue weighted by molar-refractivity contribution is -0.117. The van der Waals surface area contributed by atoms with Crippen LogP contribution in [0.25, 0.3) is 0 Å². The van der Waals surface area contributed by atoms with Gasteiger partial charge in [0.15, 0.2) is 5.82 Å². The number of aromatic nitrogens is 1. The van der Waals surface area contributed by atoms with Crippen LogP contribution in [0.4, 0.5) is 11.5 Å². The molecule has 2 N–H and O–H groups in total. The van der Waals surface area contributed by atoms with E-state index in [2.05, 4.69) is 15.6 Å². The van der Waals surface area contributed by atoms with Gasteiger partial charge in [-0.05, 0) is 18.1 Å². The van der Waals surface area contributed by atoms with Crippen molar-refractivity contribution in [2.24, 2.45) is 5.92 Å². The highest BCUT2D eigenvalue weighted by Gasteiger charge is 2.28. The number of rotatable bonds is 1. The number of nitrogens with zero attached hydrogens (tertiary/aromatic N) is 1. The number of amides is 1. The van der Waals surface area contributed by atoms with Crippen LogP contribution in [0.3, 0.4) is 0 Å². The molecule has 2 heterocycles. The fourth-order valence-corrected chi connectivity index (χ4v) is 1.69. The lowest BCUT2D eigenvalue weighted by Gasteiger charge is -2.28. The molecule has 5 heteroatoms. The number of carbonyl (C=O) groups excluding carboxylic acids is 1. The molecule has 2 rings (SSSR count). The molecule has 0 spiro atoms. The lowest BCUT2D eigenvalue weighted by atomic mass is 10.0. The standard InChI is InChI=1S/C10H12ClN3O/c1-5(2)8-10(15)12-6-3-4-7(11)13-9(6)14-8/h3-5,8H,1-2H3,(H,12,15)(H,13,14). The zero-order valence-electron chi connectivity index (χ0n) is 8.54. The Morgan fingerprint density at radius 3 is 2.87 bits per heavy atom. The minimum atomic E-state index is -0.247. The quantitative estimate of drug-likeness (QED) is 0.720. The lowest BCUT2D eigenvalue weighted by Crippen LogP contribution is -2.42. The first-order chi connectivity index (χ1) is 7.08. The minimum Gasteiger partial charge on any atom is -0.356 e. The fourth-order valence-electron chi connectivity index (χ4n) is 1.54. The first-order valence-electron chi connectivity index (χ1n) is 4.82. The Labute approximate surface area is 93.0 Å². The first kappa shape index (κ1) is 10.2. The highest BCUT2D eigenvalue weighted by atomic mass is 35.5.